The van der Waals surface area contributed by atoms with Crippen LogP contribution in [0.5, 0.6) is 0 Å². The van der Waals surface area contributed by atoms with E-state index in [-0.39, 0.29) is 0 Å². The lowest BCUT2D eigenvalue weighted by atomic mass is 10.1. The third-order valence-electron chi connectivity index (χ3n) is 3.67. The van der Waals surface area contributed by atoms with Crippen molar-refractivity contribution in [2.75, 3.05) is 5.73 Å². The van der Waals surface area contributed by atoms with E-state index in [4.69, 9.17) is 5.73 Å². The molecule has 0 saturated heterocycles. The summed E-state index contributed by atoms with van der Waals surface area (Å²) in [5.74, 6) is 0. The maximum absolute atomic E-state index is 5.87. The van der Waals surface area contributed by atoms with Crippen LogP contribution in [0.15, 0.2) is 60.9 Å². The molecule has 2 aromatic heterocycles. The lowest BCUT2D eigenvalue weighted by molar-refractivity contribution is 0.713. The molecule has 0 radical (unpaired) electrons. The van der Waals surface area contributed by atoms with Gasteiger partial charge in [-0.25, -0.2) is 0 Å². The smallest absolute Gasteiger partial charge is 0.0706 e. The fraction of sp³-hybridized carbons (Fsp3) is 0.0588. The summed E-state index contributed by atoms with van der Waals surface area (Å²) in [5.41, 5.74) is 9.89. The van der Waals surface area contributed by atoms with Crippen molar-refractivity contribution in [3.63, 3.8) is 0 Å². The number of rotatable bonds is 2. The minimum Gasteiger partial charge on any atom is -0.399 e. The SMILES string of the molecule is Nc1ccc2cnn(Cc3ccc4ncccc4c3)c2c1. The molecule has 0 saturated carbocycles. The number of nitrogens with two attached hydrogens (primary N) is 1. The zero-order valence-electron chi connectivity index (χ0n) is 11.4. The van der Waals surface area contributed by atoms with Crippen molar-refractivity contribution in [3.8, 4) is 0 Å². The molecule has 0 bridgehead atoms. The first-order valence-corrected chi connectivity index (χ1v) is 6.84. The van der Waals surface area contributed by atoms with Crippen LogP contribution in [0.1, 0.15) is 5.56 Å². The molecular weight excluding hydrogens is 260 g/mol. The summed E-state index contributed by atoms with van der Waals surface area (Å²) in [7, 11) is 0. The Bertz CT molecular complexity index is 940. The number of aromatic nitrogens is 3. The summed E-state index contributed by atoms with van der Waals surface area (Å²) in [6, 6.07) is 16.2. The van der Waals surface area contributed by atoms with Gasteiger partial charge in [-0.2, -0.15) is 5.10 Å². The Labute approximate surface area is 121 Å². The van der Waals surface area contributed by atoms with E-state index in [1.165, 1.54) is 5.56 Å². The van der Waals surface area contributed by atoms with Crippen molar-refractivity contribution in [2.45, 2.75) is 6.54 Å². The van der Waals surface area contributed by atoms with Crippen LogP contribution in [0.3, 0.4) is 0 Å². The highest BCUT2D eigenvalue weighted by molar-refractivity contribution is 5.82. The van der Waals surface area contributed by atoms with E-state index in [1.807, 2.05) is 47.4 Å². The van der Waals surface area contributed by atoms with Crippen LogP contribution in [-0.4, -0.2) is 14.8 Å². The maximum atomic E-state index is 5.87. The molecule has 0 amide bonds. The van der Waals surface area contributed by atoms with Gasteiger partial charge < -0.3 is 5.73 Å². The molecule has 0 aliphatic carbocycles. The van der Waals surface area contributed by atoms with Gasteiger partial charge in [0.05, 0.1) is 23.8 Å². The Balaban J connectivity index is 1.77. The number of hydrogen-bond donors (Lipinski definition) is 1. The standard InChI is InChI=1S/C17H14N4/c18-15-5-4-14-10-20-21(17(14)9-15)11-12-3-6-16-13(8-12)2-1-7-19-16/h1-10H,11,18H2. The fourth-order valence-corrected chi connectivity index (χ4v) is 2.61. The average molecular weight is 274 g/mol. The van der Waals surface area contributed by atoms with Gasteiger partial charge in [-0.1, -0.05) is 12.1 Å². The highest BCUT2D eigenvalue weighted by Crippen LogP contribution is 2.19. The molecule has 0 fully saturated rings. The minimum atomic E-state index is 0.720. The van der Waals surface area contributed by atoms with Crippen LogP contribution < -0.4 is 5.73 Å². The Hall–Kier alpha value is -2.88. The summed E-state index contributed by atoms with van der Waals surface area (Å²) in [4.78, 5) is 4.34. The quantitative estimate of drug-likeness (QED) is 0.571. The minimum absolute atomic E-state index is 0.720. The predicted octanol–water partition coefficient (Wildman–Crippen LogP) is 3.22. The summed E-state index contributed by atoms with van der Waals surface area (Å²) in [6.45, 7) is 0.720. The van der Waals surface area contributed by atoms with Crippen molar-refractivity contribution < 1.29 is 0 Å². The normalized spacial score (nSPS) is 11.2. The third kappa shape index (κ3) is 2.10. The fourth-order valence-electron chi connectivity index (χ4n) is 2.61. The van der Waals surface area contributed by atoms with E-state index in [0.717, 1.165) is 34.0 Å². The average Bonchev–Trinajstić information content (AvgIpc) is 2.89. The van der Waals surface area contributed by atoms with E-state index in [9.17, 15) is 0 Å². The van der Waals surface area contributed by atoms with E-state index in [2.05, 4.69) is 28.3 Å². The van der Waals surface area contributed by atoms with E-state index in [0.29, 0.717) is 0 Å². The van der Waals surface area contributed by atoms with Gasteiger partial charge in [0.1, 0.15) is 0 Å². The van der Waals surface area contributed by atoms with Crippen LogP contribution in [0.25, 0.3) is 21.8 Å². The lowest BCUT2D eigenvalue weighted by Crippen LogP contribution is -2.01. The van der Waals surface area contributed by atoms with Crippen LogP contribution in [-0.2, 0) is 6.54 Å². The molecule has 4 aromatic rings. The molecule has 102 valence electrons. The van der Waals surface area contributed by atoms with Crippen LogP contribution >= 0.6 is 0 Å². The van der Waals surface area contributed by atoms with E-state index >= 15 is 0 Å². The van der Waals surface area contributed by atoms with Crippen molar-refractivity contribution in [1.29, 1.82) is 0 Å². The molecule has 0 aliphatic rings. The molecule has 2 aromatic carbocycles. The molecule has 4 heteroatoms. The molecule has 4 rings (SSSR count). The Kier molecular flexibility index (Phi) is 2.60. The Morgan fingerprint density at radius 3 is 2.90 bits per heavy atom. The van der Waals surface area contributed by atoms with Gasteiger partial charge in [0.15, 0.2) is 0 Å². The topological polar surface area (TPSA) is 56.7 Å². The molecule has 0 atom stereocenters. The van der Waals surface area contributed by atoms with Crippen molar-refractivity contribution in [2.24, 2.45) is 0 Å². The second-order valence-electron chi connectivity index (χ2n) is 5.15. The maximum Gasteiger partial charge on any atom is 0.0706 e. The monoisotopic (exact) mass is 274 g/mol. The number of hydrogen-bond acceptors (Lipinski definition) is 3. The van der Waals surface area contributed by atoms with Crippen molar-refractivity contribution in [3.05, 3.63) is 66.5 Å². The molecule has 0 spiro atoms. The van der Waals surface area contributed by atoms with Crippen molar-refractivity contribution in [1.82, 2.24) is 14.8 Å². The molecule has 0 aliphatic heterocycles. The van der Waals surface area contributed by atoms with Crippen molar-refractivity contribution >= 4 is 27.5 Å². The first kappa shape index (κ1) is 11.9. The van der Waals surface area contributed by atoms with Crippen LogP contribution in [0.4, 0.5) is 5.69 Å². The Morgan fingerprint density at radius 2 is 1.95 bits per heavy atom. The van der Waals surface area contributed by atoms with Gasteiger partial charge in [0.2, 0.25) is 0 Å². The molecular formula is C17H14N4. The summed E-state index contributed by atoms with van der Waals surface area (Å²) >= 11 is 0. The van der Waals surface area contributed by atoms with Crippen LogP contribution in [0, 0.1) is 0 Å². The first-order chi connectivity index (χ1) is 10.3. The first-order valence-electron chi connectivity index (χ1n) is 6.84. The number of nitrogen functional groups attached to an aromatic ring is 1. The summed E-state index contributed by atoms with van der Waals surface area (Å²) in [6.07, 6.45) is 3.68. The van der Waals surface area contributed by atoms with E-state index < -0.39 is 0 Å². The number of anilines is 1. The van der Waals surface area contributed by atoms with Crippen LogP contribution in [0.2, 0.25) is 0 Å². The highest BCUT2D eigenvalue weighted by Gasteiger charge is 2.04. The highest BCUT2D eigenvalue weighted by atomic mass is 15.3. The van der Waals surface area contributed by atoms with Gasteiger partial charge in [-0.15, -0.1) is 0 Å². The summed E-state index contributed by atoms with van der Waals surface area (Å²) in [5, 5.41) is 6.71. The predicted molar refractivity (Wildman–Crippen MR) is 85.0 cm³/mol. The second-order valence-corrected chi connectivity index (χ2v) is 5.15. The molecule has 2 N–H and O–H groups in total. The number of fused-ring (bicyclic) bond motifs is 2. The molecule has 2 heterocycles. The zero-order chi connectivity index (χ0) is 14.2. The van der Waals surface area contributed by atoms with Gasteiger partial charge in [-0.3, -0.25) is 9.67 Å². The third-order valence-corrected chi connectivity index (χ3v) is 3.67. The molecule has 0 unspecified atom stereocenters. The van der Waals surface area contributed by atoms with Gasteiger partial charge in [0.25, 0.3) is 0 Å². The number of benzene rings is 2. The van der Waals surface area contributed by atoms with Gasteiger partial charge in [-0.05, 0) is 42.0 Å². The summed E-state index contributed by atoms with van der Waals surface area (Å²) < 4.78 is 1.98. The van der Waals surface area contributed by atoms with Gasteiger partial charge >= 0.3 is 0 Å². The van der Waals surface area contributed by atoms with Gasteiger partial charge in [0, 0.05) is 22.7 Å². The zero-order valence-corrected chi connectivity index (χ0v) is 11.4. The van der Waals surface area contributed by atoms with E-state index in [1.54, 1.807) is 0 Å². The lowest BCUT2D eigenvalue weighted by Gasteiger charge is -2.06. The molecule has 4 nitrogen and oxygen atoms in total. The molecule has 21 heavy (non-hydrogen) atoms. The largest absolute Gasteiger partial charge is 0.399 e. The number of pyridine rings is 1. The second kappa shape index (κ2) is 4.59. The Morgan fingerprint density at radius 1 is 1.00 bits per heavy atom. The number of nitrogens with zero attached hydrogens (tertiary/aromatic N) is 3.